The maximum Gasteiger partial charge on any atom is 0.321 e. The number of urea groups is 1. The Hall–Kier alpha value is -2.12. The molecule has 3 saturated heterocycles. The maximum absolute atomic E-state index is 13.3. The summed E-state index contributed by atoms with van der Waals surface area (Å²) in [6, 6.07) is 7.64. The molecule has 1 spiro atoms. The van der Waals surface area contributed by atoms with Gasteiger partial charge in [0.05, 0.1) is 19.1 Å². The van der Waals surface area contributed by atoms with Crippen LogP contribution >= 0.6 is 0 Å². The average molecular weight is 387 g/mol. The van der Waals surface area contributed by atoms with E-state index >= 15 is 0 Å². The average Bonchev–Trinajstić information content (AvgIpc) is 3.07. The maximum atomic E-state index is 13.3. The molecule has 7 nitrogen and oxygen atoms in total. The van der Waals surface area contributed by atoms with Gasteiger partial charge in [-0.15, -0.1) is 0 Å². The Morgan fingerprint density at radius 2 is 1.79 bits per heavy atom. The number of hydrogen-bond donors (Lipinski definition) is 1. The molecular weight excluding hydrogens is 358 g/mol. The summed E-state index contributed by atoms with van der Waals surface area (Å²) in [5.41, 5.74) is 1.70. The molecule has 3 aliphatic heterocycles. The molecule has 3 heterocycles. The van der Waals surface area contributed by atoms with Gasteiger partial charge in [-0.25, -0.2) is 4.79 Å². The lowest BCUT2D eigenvalue weighted by molar-refractivity contribution is -0.144. The topological polar surface area (TPSA) is 71.1 Å². The van der Waals surface area contributed by atoms with Gasteiger partial charge < -0.3 is 24.6 Å². The van der Waals surface area contributed by atoms with E-state index < -0.39 is 0 Å². The predicted octanol–water partition coefficient (Wildman–Crippen LogP) is 2.11. The van der Waals surface area contributed by atoms with Gasteiger partial charge in [0.2, 0.25) is 5.91 Å². The Balaban J connectivity index is 1.50. The summed E-state index contributed by atoms with van der Waals surface area (Å²) in [5.74, 6) is -0.00573. The molecular formula is C21H29N3O4. The lowest BCUT2D eigenvalue weighted by Crippen LogP contribution is -2.49. The molecule has 0 unspecified atom stereocenters. The van der Waals surface area contributed by atoms with Gasteiger partial charge in [-0.2, -0.15) is 0 Å². The summed E-state index contributed by atoms with van der Waals surface area (Å²) >= 11 is 0. The molecule has 0 aromatic heterocycles. The highest BCUT2D eigenvalue weighted by atomic mass is 16.5. The molecule has 0 radical (unpaired) electrons. The summed E-state index contributed by atoms with van der Waals surface area (Å²) in [6.07, 6.45) is 1.64. The monoisotopic (exact) mass is 387 g/mol. The molecule has 4 rings (SSSR count). The molecule has 0 bridgehead atoms. The first-order valence-electron chi connectivity index (χ1n) is 10.1. The van der Waals surface area contributed by atoms with Crippen molar-refractivity contribution in [1.82, 2.24) is 9.80 Å². The molecule has 0 saturated carbocycles. The van der Waals surface area contributed by atoms with E-state index in [1.165, 1.54) is 0 Å². The standard InChI is InChI=1S/C21H29N3O4/c1-16-3-2-4-17(13-16)22-20(26)24-14-18(19(25)23-7-11-28-12-8-23)21(15-24)5-9-27-10-6-21/h2-4,13,18H,5-12,14-15H2,1H3,(H,22,26)/t18-/m1/s1. The molecule has 3 aliphatic rings. The van der Waals surface area contributed by atoms with Crippen molar-refractivity contribution in [2.24, 2.45) is 11.3 Å². The summed E-state index contributed by atoms with van der Waals surface area (Å²) in [4.78, 5) is 30.0. The first-order valence-corrected chi connectivity index (χ1v) is 10.1. The van der Waals surface area contributed by atoms with Crippen LogP contribution < -0.4 is 5.32 Å². The highest BCUT2D eigenvalue weighted by Gasteiger charge is 2.52. The van der Waals surface area contributed by atoms with Crippen LogP contribution in [0.2, 0.25) is 0 Å². The molecule has 1 atom stereocenters. The minimum atomic E-state index is -0.183. The van der Waals surface area contributed by atoms with Crippen LogP contribution in [0.15, 0.2) is 24.3 Å². The van der Waals surface area contributed by atoms with Crippen LogP contribution in [0.1, 0.15) is 18.4 Å². The second-order valence-corrected chi connectivity index (χ2v) is 8.15. The third kappa shape index (κ3) is 3.86. The van der Waals surface area contributed by atoms with E-state index in [2.05, 4.69) is 5.32 Å². The number of morpholine rings is 1. The number of carbonyl (C=O) groups excluding carboxylic acids is 2. The number of amides is 3. The van der Waals surface area contributed by atoms with Crippen molar-refractivity contribution in [3.8, 4) is 0 Å². The van der Waals surface area contributed by atoms with E-state index in [0.717, 1.165) is 24.1 Å². The lowest BCUT2D eigenvalue weighted by atomic mass is 9.71. The Labute approximate surface area is 166 Å². The number of hydrogen-bond acceptors (Lipinski definition) is 4. The van der Waals surface area contributed by atoms with Crippen molar-refractivity contribution in [2.45, 2.75) is 19.8 Å². The van der Waals surface area contributed by atoms with Crippen LogP contribution in [0, 0.1) is 18.3 Å². The van der Waals surface area contributed by atoms with Gasteiger partial charge in [0.1, 0.15) is 0 Å². The van der Waals surface area contributed by atoms with E-state index in [4.69, 9.17) is 9.47 Å². The van der Waals surface area contributed by atoms with Crippen molar-refractivity contribution < 1.29 is 19.1 Å². The van der Waals surface area contributed by atoms with E-state index in [1.807, 2.05) is 41.0 Å². The molecule has 0 aliphatic carbocycles. The molecule has 3 fully saturated rings. The minimum Gasteiger partial charge on any atom is -0.381 e. The first kappa shape index (κ1) is 19.2. The van der Waals surface area contributed by atoms with Gasteiger partial charge >= 0.3 is 6.03 Å². The lowest BCUT2D eigenvalue weighted by Gasteiger charge is -2.39. The van der Waals surface area contributed by atoms with Gasteiger partial charge in [0.25, 0.3) is 0 Å². The number of ether oxygens (including phenoxy) is 2. The van der Waals surface area contributed by atoms with Crippen molar-refractivity contribution in [1.29, 1.82) is 0 Å². The molecule has 1 N–H and O–H groups in total. The second kappa shape index (κ2) is 8.09. The van der Waals surface area contributed by atoms with Crippen LogP contribution in [-0.4, -0.2) is 74.3 Å². The number of benzene rings is 1. The number of anilines is 1. The first-order chi connectivity index (χ1) is 13.6. The number of nitrogens with one attached hydrogen (secondary N) is 1. The van der Waals surface area contributed by atoms with Crippen molar-refractivity contribution in [2.75, 3.05) is 57.9 Å². The minimum absolute atomic E-state index is 0.131. The zero-order valence-corrected chi connectivity index (χ0v) is 16.5. The van der Waals surface area contributed by atoms with Crippen LogP contribution in [0.5, 0.6) is 0 Å². The number of aryl methyl sites for hydroxylation is 1. The van der Waals surface area contributed by atoms with Crippen LogP contribution in [0.25, 0.3) is 0 Å². The molecule has 1 aromatic carbocycles. The third-order valence-corrected chi connectivity index (χ3v) is 6.31. The number of rotatable bonds is 2. The Morgan fingerprint density at radius 1 is 1.07 bits per heavy atom. The zero-order valence-electron chi connectivity index (χ0n) is 16.5. The van der Waals surface area contributed by atoms with Crippen molar-refractivity contribution in [3.63, 3.8) is 0 Å². The Bertz CT molecular complexity index is 726. The van der Waals surface area contributed by atoms with E-state index in [1.54, 1.807) is 0 Å². The third-order valence-electron chi connectivity index (χ3n) is 6.31. The molecule has 1 aromatic rings. The van der Waals surface area contributed by atoms with Gasteiger partial charge in [-0.05, 0) is 37.5 Å². The summed E-state index contributed by atoms with van der Waals surface area (Å²) in [7, 11) is 0. The molecule has 3 amide bonds. The predicted molar refractivity (Wildman–Crippen MR) is 105 cm³/mol. The molecule has 28 heavy (non-hydrogen) atoms. The molecule has 7 heteroatoms. The normalized spacial score (nSPS) is 24.4. The van der Waals surface area contributed by atoms with Crippen molar-refractivity contribution in [3.05, 3.63) is 29.8 Å². The second-order valence-electron chi connectivity index (χ2n) is 8.15. The number of nitrogens with zero attached hydrogens (tertiary/aromatic N) is 2. The fourth-order valence-electron chi connectivity index (χ4n) is 4.68. The highest BCUT2D eigenvalue weighted by molar-refractivity contribution is 5.91. The molecule has 152 valence electrons. The fourth-order valence-corrected chi connectivity index (χ4v) is 4.68. The largest absolute Gasteiger partial charge is 0.381 e. The van der Waals surface area contributed by atoms with Gasteiger partial charge in [-0.3, -0.25) is 4.79 Å². The Kier molecular flexibility index (Phi) is 5.55. The fraction of sp³-hybridized carbons (Fsp3) is 0.619. The summed E-state index contributed by atoms with van der Waals surface area (Å²) in [6.45, 7) is 6.83. The highest BCUT2D eigenvalue weighted by Crippen LogP contribution is 2.45. The van der Waals surface area contributed by atoms with Crippen molar-refractivity contribution >= 4 is 17.6 Å². The Morgan fingerprint density at radius 3 is 2.50 bits per heavy atom. The van der Waals surface area contributed by atoms with Gasteiger partial charge in [-0.1, -0.05) is 12.1 Å². The van der Waals surface area contributed by atoms with Gasteiger partial charge in [0.15, 0.2) is 0 Å². The van der Waals surface area contributed by atoms with Crippen LogP contribution in [-0.2, 0) is 14.3 Å². The number of carbonyl (C=O) groups is 2. The summed E-state index contributed by atoms with van der Waals surface area (Å²) in [5, 5.41) is 3.00. The SMILES string of the molecule is Cc1cccc(NC(=O)N2C[C@H](C(=O)N3CCOCC3)C3(CCOCC3)C2)c1. The van der Waals surface area contributed by atoms with Gasteiger partial charge in [0, 0.05) is 50.5 Å². The van der Waals surface area contributed by atoms with E-state index in [9.17, 15) is 9.59 Å². The smallest absolute Gasteiger partial charge is 0.321 e. The number of likely N-dealkylation sites (tertiary alicyclic amines) is 1. The van der Waals surface area contributed by atoms with Crippen LogP contribution in [0.4, 0.5) is 10.5 Å². The van der Waals surface area contributed by atoms with Crippen LogP contribution in [0.3, 0.4) is 0 Å². The van der Waals surface area contributed by atoms with E-state index in [-0.39, 0.29) is 23.3 Å². The quantitative estimate of drug-likeness (QED) is 0.844. The zero-order chi connectivity index (χ0) is 19.6. The van der Waals surface area contributed by atoms with E-state index in [0.29, 0.717) is 52.6 Å². The summed E-state index contributed by atoms with van der Waals surface area (Å²) < 4.78 is 11.0.